The van der Waals surface area contributed by atoms with Crippen LogP contribution in [0.4, 0.5) is 11.4 Å². The Morgan fingerprint density at radius 3 is 1.62 bits per heavy atom. The van der Waals surface area contributed by atoms with Gasteiger partial charge >= 0.3 is 0 Å². The highest BCUT2D eigenvalue weighted by atomic mass is 16.6. The van der Waals surface area contributed by atoms with Crippen LogP contribution >= 0.6 is 0 Å². The summed E-state index contributed by atoms with van der Waals surface area (Å²) in [6, 6.07) is 6.53. The Morgan fingerprint density at radius 2 is 1.22 bits per heavy atom. The number of anilines is 1. The predicted molar refractivity (Wildman–Crippen MR) is 135 cm³/mol. The quantitative estimate of drug-likeness (QED) is 0.117. The SMILES string of the molecule is CCCCCCCCCCCCCCCCCCCCNc1ccc([N+](=O)[O-])c(C#N)c1. The summed E-state index contributed by atoms with van der Waals surface area (Å²) in [6.07, 6.45) is 24.6. The summed E-state index contributed by atoms with van der Waals surface area (Å²) in [5.41, 5.74) is 0.753. The van der Waals surface area contributed by atoms with E-state index in [9.17, 15) is 10.1 Å². The Bertz CT molecular complexity index is 655. The number of rotatable bonds is 21. The Balaban J connectivity index is 1.86. The molecule has 0 saturated carbocycles. The van der Waals surface area contributed by atoms with Gasteiger partial charge in [0.2, 0.25) is 0 Å². The first kappa shape index (κ1) is 27.9. The molecule has 0 amide bonds. The van der Waals surface area contributed by atoms with Gasteiger partial charge < -0.3 is 5.32 Å². The number of benzene rings is 1. The largest absolute Gasteiger partial charge is 0.385 e. The first-order valence-corrected chi connectivity index (χ1v) is 13.1. The maximum atomic E-state index is 10.9. The Kier molecular flexibility index (Phi) is 17.1. The van der Waals surface area contributed by atoms with Crippen molar-refractivity contribution < 1.29 is 4.92 Å². The summed E-state index contributed by atoms with van der Waals surface area (Å²) in [7, 11) is 0. The molecule has 0 saturated heterocycles. The Labute approximate surface area is 196 Å². The van der Waals surface area contributed by atoms with E-state index in [1.54, 1.807) is 12.1 Å². The van der Waals surface area contributed by atoms with Crippen molar-refractivity contribution in [3.8, 4) is 6.07 Å². The predicted octanol–water partition coefficient (Wildman–Crippen LogP) is 8.92. The van der Waals surface area contributed by atoms with E-state index < -0.39 is 4.92 Å². The minimum Gasteiger partial charge on any atom is -0.385 e. The molecule has 180 valence electrons. The van der Waals surface area contributed by atoms with E-state index in [4.69, 9.17) is 5.26 Å². The van der Waals surface area contributed by atoms with Crippen LogP contribution in [0.2, 0.25) is 0 Å². The number of nitrogens with one attached hydrogen (secondary N) is 1. The summed E-state index contributed by atoms with van der Waals surface area (Å²) >= 11 is 0. The monoisotopic (exact) mass is 443 g/mol. The Morgan fingerprint density at radius 1 is 0.781 bits per heavy atom. The molecule has 0 aliphatic carbocycles. The van der Waals surface area contributed by atoms with Crippen molar-refractivity contribution in [2.75, 3.05) is 11.9 Å². The summed E-state index contributed by atoms with van der Waals surface area (Å²) in [4.78, 5) is 10.4. The lowest BCUT2D eigenvalue weighted by atomic mass is 10.0. The summed E-state index contributed by atoms with van der Waals surface area (Å²) in [5.74, 6) is 0. The van der Waals surface area contributed by atoms with Crippen LogP contribution in [0.1, 0.15) is 128 Å². The van der Waals surface area contributed by atoms with E-state index in [1.807, 2.05) is 6.07 Å². The van der Waals surface area contributed by atoms with Crippen LogP contribution in [0.15, 0.2) is 18.2 Å². The molecule has 1 rings (SSSR count). The maximum absolute atomic E-state index is 10.9. The molecule has 0 aliphatic rings. The number of hydrogen-bond donors (Lipinski definition) is 1. The van der Waals surface area contributed by atoms with Crippen LogP contribution in [0.25, 0.3) is 0 Å². The first-order valence-electron chi connectivity index (χ1n) is 13.1. The van der Waals surface area contributed by atoms with Crippen molar-refractivity contribution in [2.45, 2.75) is 122 Å². The van der Waals surface area contributed by atoms with Gasteiger partial charge in [-0.3, -0.25) is 10.1 Å². The molecule has 1 aromatic rings. The topological polar surface area (TPSA) is 79.0 Å². The van der Waals surface area contributed by atoms with Crippen molar-refractivity contribution in [2.24, 2.45) is 0 Å². The van der Waals surface area contributed by atoms with Crippen molar-refractivity contribution in [1.29, 1.82) is 5.26 Å². The van der Waals surface area contributed by atoms with Gasteiger partial charge in [-0.2, -0.15) is 5.26 Å². The molecule has 0 aromatic heterocycles. The van der Waals surface area contributed by atoms with Gasteiger partial charge in [-0.05, 0) is 18.6 Å². The van der Waals surface area contributed by atoms with E-state index in [-0.39, 0.29) is 11.3 Å². The lowest BCUT2D eigenvalue weighted by Gasteiger charge is -2.07. The minimum absolute atomic E-state index is 0.109. The zero-order valence-electron chi connectivity index (χ0n) is 20.4. The average Bonchev–Trinajstić information content (AvgIpc) is 2.80. The van der Waals surface area contributed by atoms with Gasteiger partial charge in [0, 0.05) is 18.3 Å². The van der Waals surface area contributed by atoms with E-state index in [1.165, 1.54) is 115 Å². The van der Waals surface area contributed by atoms with Gasteiger partial charge in [0.25, 0.3) is 5.69 Å². The third kappa shape index (κ3) is 14.1. The van der Waals surface area contributed by atoms with Crippen LogP contribution in [-0.2, 0) is 0 Å². The van der Waals surface area contributed by atoms with Crippen LogP contribution in [0.5, 0.6) is 0 Å². The fraction of sp³-hybridized carbons (Fsp3) is 0.741. The molecule has 0 aliphatic heterocycles. The third-order valence-electron chi connectivity index (χ3n) is 6.17. The van der Waals surface area contributed by atoms with E-state index >= 15 is 0 Å². The van der Waals surface area contributed by atoms with Crippen molar-refractivity contribution in [3.63, 3.8) is 0 Å². The first-order chi connectivity index (χ1) is 15.7. The van der Waals surface area contributed by atoms with Gasteiger partial charge in [-0.25, -0.2) is 0 Å². The van der Waals surface area contributed by atoms with Crippen molar-refractivity contribution in [1.82, 2.24) is 0 Å². The van der Waals surface area contributed by atoms with Crippen molar-refractivity contribution >= 4 is 11.4 Å². The molecular formula is C27H45N3O2. The lowest BCUT2D eigenvalue weighted by Crippen LogP contribution is -2.02. The molecule has 0 bridgehead atoms. The lowest BCUT2D eigenvalue weighted by molar-refractivity contribution is -0.385. The highest BCUT2D eigenvalue weighted by Crippen LogP contribution is 2.22. The summed E-state index contributed by atoms with van der Waals surface area (Å²) in [5, 5.41) is 23.2. The molecule has 0 atom stereocenters. The van der Waals surface area contributed by atoms with Gasteiger partial charge in [0.15, 0.2) is 0 Å². The molecule has 1 aromatic carbocycles. The summed E-state index contributed by atoms with van der Waals surface area (Å²) in [6.45, 7) is 3.11. The number of hydrogen-bond acceptors (Lipinski definition) is 4. The molecular weight excluding hydrogens is 398 g/mol. The van der Waals surface area contributed by atoms with Gasteiger partial charge in [-0.15, -0.1) is 0 Å². The number of unbranched alkanes of at least 4 members (excludes halogenated alkanes) is 17. The minimum atomic E-state index is -0.514. The van der Waals surface area contributed by atoms with E-state index in [0.717, 1.165) is 18.7 Å². The normalized spacial score (nSPS) is 10.8. The van der Waals surface area contributed by atoms with E-state index in [2.05, 4.69) is 12.2 Å². The molecule has 0 fully saturated rings. The second-order valence-electron chi connectivity index (χ2n) is 9.04. The maximum Gasteiger partial charge on any atom is 0.287 e. The van der Waals surface area contributed by atoms with Crippen LogP contribution in [0, 0.1) is 21.4 Å². The summed E-state index contributed by atoms with van der Waals surface area (Å²) < 4.78 is 0. The average molecular weight is 444 g/mol. The standard InChI is InChI=1S/C27H45N3O2/c1-2-3-4-5-6-7-8-9-10-11-12-13-14-15-16-17-18-19-22-29-26-20-21-27(30(31)32)25(23-26)24-28/h20-21,23,29H,2-19,22H2,1H3. The van der Waals surface area contributed by atoms with Crippen LogP contribution in [-0.4, -0.2) is 11.5 Å². The van der Waals surface area contributed by atoms with Gasteiger partial charge in [0.05, 0.1) is 4.92 Å². The highest BCUT2D eigenvalue weighted by Gasteiger charge is 2.13. The molecule has 0 heterocycles. The second kappa shape index (κ2) is 19.6. The zero-order valence-corrected chi connectivity index (χ0v) is 20.4. The molecule has 5 nitrogen and oxygen atoms in total. The number of nitrogens with zero attached hydrogens (tertiary/aromatic N) is 2. The highest BCUT2D eigenvalue weighted by molar-refractivity contribution is 5.58. The smallest absolute Gasteiger partial charge is 0.287 e. The van der Waals surface area contributed by atoms with Crippen LogP contribution < -0.4 is 5.32 Å². The molecule has 0 spiro atoms. The van der Waals surface area contributed by atoms with Gasteiger partial charge in [-0.1, -0.05) is 116 Å². The van der Waals surface area contributed by atoms with Gasteiger partial charge in [0.1, 0.15) is 11.6 Å². The molecule has 0 radical (unpaired) electrons. The second-order valence-corrected chi connectivity index (χ2v) is 9.04. The number of nitro groups is 1. The fourth-order valence-corrected chi connectivity index (χ4v) is 4.15. The molecule has 1 N–H and O–H groups in total. The fourth-order valence-electron chi connectivity index (χ4n) is 4.15. The Hall–Kier alpha value is -2.09. The van der Waals surface area contributed by atoms with Crippen LogP contribution in [0.3, 0.4) is 0 Å². The van der Waals surface area contributed by atoms with E-state index in [0.29, 0.717) is 0 Å². The molecule has 0 unspecified atom stereocenters. The number of nitriles is 1. The molecule has 32 heavy (non-hydrogen) atoms. The van der Waals surface area contributed by atoms with Crippen molar-refractivity contribution in [3.05, 3.63) is 33.9 Å². The number of nitro benzene ring substituents is 1. The zero-order chi connectivity index (χ0) is 23.3. The molecule has 5 heteroatoms. The third-order valence-corrected chi connectivity index (χ3v) is 6.17.